The predicted molar refractivity (Wildman–Crippen MR) is 138 cm³/mol. The maximum atomic E-state index is 13.5. The zero-order chi connectivity index (χ0) is 26.9. The zero-order valence-electron chi connectivity index (χ0n) is 21.0. The Kier molecular flexibility index (Phi) is 7.70. The van der Waals surface area contributed by atoms with Crippen LogP contribution in [0.1, 0.15) is 49.3 Å². The lowest BCUT2D eigenvalue weighted by Crippen LogP contribution is -2.51. The Morgan fingerprint density at radius 3 is 2.45 bits per heavy atom. The van der Waals surface area contributed by atoms with E-state index in [1.54, 1.807) is 6.07 Å². The van der Waals surface area contributed by atoms with Crippen LogP contribution in [-0.2, 0) is 21.2 Å². The summed E-state index contributed by atoms with van der Waals surface area (Å²) in [5.74, 6) is -0.0473. The second kappa shape index (κ2) is 10.9. The van der Waals surface area contributed by atoms with E-state index in [1.807, 2.05) is 35.2 Å². The van der Waals surface area contributed by atoms with Crippen LogP contribution in [0.3, 0.4) is 0 Å². The summed E-state index contributed by atoms with van der Waals surface area (Å²) in [4.78, 5) is 15.4. The van der Waals surface area contributed by atoms with Gasteiger partial charge < -0.3 is 15.5 Å². The van der Waals surface area contributed by atoms with E-state index in [2.05, 4.69) is 15.4 Å². The van der Waals surface area contributed by atoms with E-state index in [1.165, 1.54) is 12.1 Å². The summed E-state index contributed by atoms with van der Waals surface area (Å²) in [5, 5.41) is 5.82. The molecular formula is C27H33F3N4O3S. The van der Waals surface area contributed by atoms with Gasteiger partial charge in [-0.2, -0.15) is 13.2 Å². The molecule has 11 heteroatoms. The molecule has 0 bridgehead atoms. The third kappa shape index (κ3) is 5.84. The van der Waals surface area contributed by atoms with Crippen molar-refractivity contribution in [2.24, 2.45) is 5.92 Å². The van der Waals surface area contributed by atoms with Crippen LogP contribution < -0.4 is 15.4 Å². The van der Waals surface area contributed by atoms with Crippen molar-refractivity contribution in [1.82, 2.24) is 14.9 Å². The molecule has 0 spiro atoms. The van der Waals surface area contributed by atoms with Crippen molar-refractivity contribution in [3.63, 3.8) is 0 Å². The van der Waals surface area contributed by atoms with Gasteiger partial charge in [0.15, 0.2) is 0 Å². The molecule has 2 aromatic rings. The molecule has 2 aliphatic heterocycles. The molecule has 0 radical (unpaired) electrons. The average Bonchev–Trinajstić information content (AvgIpc) is 2.92. The number of carbonyl (C=O) groups is 1. The standard InChI is InChI=1S/C27H33F3N4O3S/c28-27(29,30)25-13-9-18-8-12-22(16-23(18)32-25)38(36,37)33-21-10-6-20(7-11-21)26(35)34-15-14-31-17-24(34)19-4-2-1-3-5-19/h1-5,8,12,16,20-21,24-25,31-33H,6-7,9-11,13-15,17H2/t20-,21-,24?,25?. The smallest absolute Gasteiger partial charge is 0.374 e. The number of anilines is 1. The summed E-state index contributed by atoms with van der Waals surface area (Å²) in [6.07, 6.45) is -2.03. The van der Waals surface area contributed by atoms with E-state index >= 15 is 0 Å². The number of piperazine rings is 1. The molecule has 7 nitrogen and oxygen atoms in total. The summed E-state index contributed by atoms with van der Waals surface area (Å²) >= 11 is 0. The maximum Gasteiger partial charge on any atom is 0.408 e. The fourth-order valence-corrected chi connectivity index (χ4v) is 7.13. The Hall–Kier alpha value is -2.63. The molecule has 1 saturated heterocycles. The SMILES string of the molecule is O=C([C@H]1CC[C@H](NS(=O)(=O)c2ccc3c(c2)NC(C(F)(F)F)CC3)CC1)N1CCNCC1c1ccccc1. The van der Waals surface area contributed by atoms with Gasteiger partial charge in [-0.25, -0.2) is 13.1 Å². The van der Waals surface area contributed by atoms with Crippen LogP contribution in [0.5, 0.6) is 0 Å². The molecule has 2 fully saturated rings. The first-order valence-electron chi connectivity index (χ1n) is 13.2. The van der Waals surface area contributed by atoms with Crippen LogP contribution in [0.4, 0.5) is 18.9 Å². The van der Waals surface area contributed by atoms with Crippen LogP contribution in [0.2, 0.25) is 0 Å². The number of aryl methyl sites for hydroxylation is 1. The number of rotatable bonds is 5. The second-order valence-corrected chi connectivity index (χ2v) is 12.1. The topological polar surface area (TPSA) is 90.5 Å². The van der Waals surface area contributed by atoms with Crippen molar-refractivity contribution < 1.29 is 26.4 Å². The quantitative estimate of drug-likeness (QED) is 0.524. The molecule has 2 heterocycles. The van der Waals surface area contributed by atoms with Gasteiger partial charge in [-0.15, -0.1) is 0 Å². The Labute approximate surface area is 221 Å². The lowest BCUT2D eigenvalue weighted by atomic mass is 9.85. The normalized spacial score (nSPS) is 26.3. The first-order valence-corrected chi connectivity index (χ1v) is 14.6. The van der Waals surface area contributed by atoms with E-state index in [0.29, 0.717) is 44.3 Å². The Balaban J connectivity index is 1.20. The lowest BCUT2D eigenvalue weighted by Gasteiger charge is -2.40. The third-order valence-corrected chi connectivity index (χ3v) is 9.45. The number of halogens is 3. The molecule has 38 heavy (non-hydrogen) atoms. The highest BCUT2D eigenvalue weighted by molar-refractivity contribution is 7.89. The molecule has 3 N–H and O–H groups in total. The highest BCUT2D eigenvalue weighted by Crippen LogP contribution is 2.35. The number of carbonyl (C=O) groups excluding carboxylic acids is 1. The van der Waals surface area contributed by atoms with E-state index in [9.17, 15) is 26.4 Å². The lowest BCUT2D eigenvalue weighted by molar-refractivity contribution is -0.144. The van der Waals surface area contributed by atoms with Crippen LogP contribution in [-0.4, -0.2) is 57.1 Å². The molecule has 2 unspecified atom stereocenters. The zero-order valence-corrected chi connectivity index (χ0v) is 21.8. The largest absolute Gasteiger partial charge is 0.408 e. The van der Waals surface area contributed by atoms with Gasteiger partial charge in [-0.05, 0) is 61.8 Å². The first kappa shape index (κ1) is 27.0. The van der Waals surface area contributed by atoms with Crippen molar-refractivity contribution in [2.75, 3.05) is 25.0 Å². The fraction of sp³-hybridized carbons (Fsp3) is 0.519. The minimum atomic E-state index is -4.40. The number of nitrogens with one attached hydrogen (secondary N) is 3. The Bertz CT molecular complexity index is 1250. The molecule has 0 aromatic heterocycles. The van der Waals surface area contributed by atoms with Crippen molar-refractivity contribution in [2.45, 2.75) is 67.7 Å². The van der Waals surface area contributed by atoms with Crippen molar-refractivity contribution >= 4 is 21.6 Å². The van der Waals surface area contributed by atoms with Crippen LogP contribution >= 0.6 is 0 Å². The molecule has 1 saturated carbocycles. The Morgan fingerprint density at radius 1 is 1.00 bits per heavy atom. The van der Waals surface area contributed by atoms with E-state index < -0.39 is 22.2 Å². The van der Waals surface area contributed by atoms with E-state index in [-0.39, 0.29) is 47.3 Å². The second-order valence-electron chi connectivity index (χ2n) is 10.4. The van der Waals surface area contributed by atoms with Crippen molar-refractivity contribution in [1.29, 1.82) is 0 Å². The van der Waals surface area contributed by atoms with Gasteiger partial charge in [0.25, 0.3) is 0 Å². The number of alkyl halides is 3. The predicted octanol–water partition coefficient (Wildman–Crippen LogP) is 3.99. The number of hydrogen-bond donors (Lipinski definition) is 3. The monoisotopic (exact) mass is 550 g/mol. The molecule has 3 aliphatic rings. The highest BCUT2D eigenvalue weighted by Gasteiger charge is 2.41. The summed E-state index contributed by atoms with van der Waals surface area (Å²) < 4.78 is 68.4. The average molecular weight is 551 g/mol. The van der Waals surface area contributed by atoms with Crippen molar-refractivity contribution in [3.05, 3.63) is 59.7 Å². The number of amides is 1. The molecular weight excluding hydrogens is 517 g/mol. The van der Waals surface area contributed by atoms with Crippen LogP contribution in [0.25, 0.3) is 0 Å². The number of hydrogen-bond acceptors (Lipinski definition) is 5. The fourth-order valence-electron chi connectivity index (χ4n) is 5.80. The summed E-state index contributed by atoms with van der Waals surface area (Å²) in [5.41, 5.74) is 1.97. The van der Waals surface area contributed by atoms with Gasteiger partial charge in [0.05, 0.1) is 10.9 Å². The molecule has 206 valence electrons. The number of fused-ring (bicyclic) bond motifs is 1. The Morgan fingerprint density at radius 2 is 1.74 bits per heavy atom. The number of benzene rings is 2. The van der Waals surface area contributed by atoms with Gasteiger partial charge in [-0.1, -0.05) is 36.4 Å². The minimum absolute atomic E-state index is 0.0248. The van der Waals surface area contributed by atoms with Crippen LogP contribution in [0, 0.1) is 5.92 Å². The minimum Gasteiger partial charge on any atom is -0.374 e. The van der Waals surface area contributed by atoms with Crippen LogP contribution in [0.15, 0.2) is 53.4 Å². The van der Waals surface area contributed by atoms with Gasteiger partial charge in [0.1, 0.15) is 6.04 Å². The summed E-state index contributed by atoms with van der Waals surface area (Å²) in [6.45, 7) is 2.07. The van der Waals surface area contributed by atoms with E-state index in [4.69, 9.17) is 0 Å². The third-order valence-electron chi connectivity index (χ3n) is 7.93. The number of nitrogens with zero attached hydrogens (tertiary/aromatic N) is 1. The molecule has 1 amide bonds. The van der Waals surface area contributed by atoms with Gasteiger partial charge in [-0.3, -0.25) is 4.79 Å². The first-order chi connectivity index (χ1) is 18.1. The van der Waals surface area contributed by atoms with Gasteiger partial charge in [0, 0.05) is 37.3 Å². The molecule has 2 atom stereocenters. The molecule has 5 rings (SSSR count). The molecule has 2 aromatic carbocycles. The number of sulfonamides is 1. The van der Waals surface area contributed by atoms with E-state index in [0.717, 1.165) is 12.1 Å². The summed E-state index contributed by atoms with van der Waals surface area (Å²) in [7, 11) is -3.92. The van der Waals surface area contributed by atoms with Gasteiger partial charge >= 0.3 is 6.18 Å². The van der Waals surface area contributed by atoms with Crippen molar-refractivity contribution in [3.8, 4) is 0 Å². The summed E-state index contributed by atoms with van der Waals surface area (Å²) in [6, 6.07) is 12.2. The molecule has 1 aliphatic carbocycles. The highest BCUT2D eigenvalue weighted by atomic mass is 32.2. The van der Waals surface area contributed by atoms with Gasteiger partial charge in [0.2, 0.25) is 15.9 Å². The maximum absolute atomic E-state index is 13.5.